The summed E-state index contributed by atoms with van der Waals surface area (Å²) in [5.41, 5.74) is 4.46. The Morgan fingerprint density at radius 3 is 2.42 bits per heavy atom. The highest BCUT2D eigenvalue weighted by molar-refractivity contribution is 6.05. The molecule has 0 unspecified atom stereocenters. The summed E-state index contributed by atoms with van der Waals surface area (Å²) < 4.78 is 56.5. The standard InChI is InChI=1S/C31H30F4N6O2/c1-19-3-4-21(18-41-13-11-36-12-14-41)15-27(19)38-29(42)23-7-10-26(25(32)16-23)39-30-37-17-20(2)28(40-30)22-5-8-24(9-6-22)43-31(33,34)35/h3-10,15-17,36H,11-14,18H2,1-2H3,(H,38,42)(H,37,39,40). The highest BCUT2D eigenvalue weighted by Crippen LogP contribution is 2.29. The molecular weight excluding hydrogens is 564 g/mol. The normalized spacial score (nSPS) is 13.9. The number of aromatic nitrogens is 2. The zero-order chi connectivity index (χ0) is 30.6. The van der Waals surface area contributed by atoms with E-state index in [1.165, 1.54) is 42.6 Å². The first-order valence-electron chi connectivity index (χ1n) is 13.6. The topological polar surface area (TPSA) is 91.4 Å². The number of halogens is 4. The van der Waals surface area contributed by atoms with E-state index in [-0.39, 0.29) is 22.9 Å². The molecule has 0 radical (unpaired) electrons. The molecule has 0 atom stereocenters. The van der Waals surface area contributed by atoms with E-state index in [2.05, 4.69) is 35.6 Å². The molecule has 0 saturated carbocycles. The van der Waals surface area contributed by atoms with Gasteiger partial charge in [0.1, 0.15) is 11.6 Å². The van der Waals surface area contributed by atoms with Crippen LogP contribution in [0.5, 0.6) is 5.75 Å². The summed E-state index contributed by atoms with van der Waals surface area (Å²) in [4.78, 5) is 24.0. The number of benzene rings is 3. The van der Waals surface area contributed by atoms with Gasteiger partial charge >= 0.3 is 6.36 Å². The predicted octanol–water partition coefficient (Wildman–Crippen LogP) is 6.20. The fraction of sp³-hybridized carbons (Fsp3) is 0.258. The van der Waals surface area contributed by atoms with Crippen LogP contribution in [-0.2, 0) is 6.54 Å². The van der Waals surface area contributed by atoms with E-state index < -0.39 is 18.1 Å². The average molecular weight is 595 g/mol. The second kappa shape index (κ2) is 12.8. The van der Waals surface area contributed by atoms with E-state index in [9.17, 15) is 18.0 Å². The Kier molecular flexibility index (Phi) is 8.88. The van der Waals surface area contributed by atoms with Crippen molar-refractivity contribution in [3.05, 3.63) is 94.9 Å². The van der Waals surface area contributed by atoms with Crippen molar-refractivity contribution < 1.29 is 27.1 Å². The molecule has 0 spiro atoms. The van der Waals surface area contributed by atoms with E-state index in [0.717, 1.165) is 49.9 Å². The van der Waals surface area contributed by atoms with Crippen LogP contribution in [-0.4, -0.2) is 53.3 Å². The highest BCUT2D eigenvalue weighted by atomic mass is 19.4. The van der Waals surface area contributed by atoms with Gasteiger partial charge in [-0.05, 0) is 79.1 Å². The third-order valence-electron chi connectivity index (χ3n) is 6.98. The van der Waals surface area contributed by atoms with E-state index in [1.54, 1.807) is 6.92 Å². The quantitative estimate of drug-likeness (QED) is 0.209. The van der Waals surface area contributed by atoms with Gasteiger partial charge in [-0.15, -0.1) is 13.2 Å². The van der Waals surface area contributed by atoms with Crippen LogP contribution >= 0.6 is 0 Å². The Morgan fingerprint density at radius 2 is 1.72 bits per heavy atom. The number of piperazine rings is 1. The van der Waals surface area contributed by atoms with Gasteiger partial charge in [0, 0.05) is 55.7 Å². The molecule has 1 aliphatic heterocycles. The Labute approximate surface area is 246 Å². The van der Waals surface area contributed by atoms with Crippen LogP contribution in [0, 0.1) is 19.7 Å². The molecule has 8 nitrogen and oxygen atoms in total. The SMILES string of the molecule is Cc1ccc(CN2CCNCC2)cc1NC(=O)c1ccc(Nc2ncc(C)c(-c3ccc(OC(F)(F)F)cc3)n2)c(F)c1. The summed E-state index contributed by atoms with van der Waals surface area (Å²) in [5.74, 6) is -1.41. The number of carbonyl (C=O) groups excluding carboxylic acids is 1. The number of alkyl halides is 3. The number of nitrogens with one attached hydrogen (secondary N) is 3. The van der Waals surface area contributed by atoms with Crippen molar-refractivity contribution in [2.75, 3.05) is 36.8 Å². The van der Waals surface area contributed by atoms with Gasteiger partial charge in [-0.3, -0.25) is 9.69 Å². The third-order valence-corrected chi connectivity index (χ3v) is 6.98. The van der Waals surface area contributed by atoms with Gasteiger partial charge < -0.3 is 20.7 Å². The molecule has 43 heavy (non-hydrogen) atoms. The number of hydrogen-bond acceptors (Lipinski definition) is 7. The van der Waals surface area contributed by atoms with E-state index >= 15 is 4.39 Å². The molecule has 3 aromatic carbocycles. The molecule has 1 saturated heterocycles. The zero-order valence-electron chi connectivity index (χ0n) is 23.6. The van der Waals surface area contributed by atoms with Crippen molar-refractivity contribution in [1.29, 1.82) is 0 Å². The summed E-state index contributed by atoms with van der Waals surface area (Å²) in [5, 5.41) is 9.04. The minimum absolute atomic E-state index is 0.0504. The maximum Gasteiger partial charge on any atom is 0.573 e. The average Bonchev–Trinajstić information content (AvgIpc) is 2.97. The molecule has 5 rings (SSSR count). The predicted molar refractivity (Wildman–Crippen MR) is 156 cm³/mol. The monoisotopic (exact) mass is 594 g/mol. The Morgan fingerprint density at radius 1 is 0.977 bits per heavy atom. The minimum Gasteiger partial charge on any atom is -0.406 e. The van der Waals surface area contributed by atoms with E-state index in [0.29, 0.717) is 22.5 Å². The van der Waals surface area contributed by atoms with Crippen molar-refractivity contribution in [3.8, 4) is 17.0 Å². The maximum atomic E-state index is 15.1. The summed E-state index contributed by atoms with van der Waals surface area (Å²) in [6.07, 6.45) is -3.28. The zero-order valence-corrected chi connectivity index (χ0v) is 23.6. The van der Waals surface area contributed by atoms with Gasteiger partial charge in [-0.1, -0.05) is 12.1 Å². The van der Waals surface area contributed by atoms with E-state index in [4.69, 9.17) is 0 Å². The van der Waals surface area contributed by atoms with Gasteiger partial charge in [-0.2, -0.15) is 0 Å². The van der Waals surface area contributed by atoms with Crippen molar-refractivity contribution >= 4 is 23.2 Å². The lowest BCUT2D eigenvalue weighted by Crippen LogP contribution is -2.42. The fourth-order valence-corrected chi connectivity index (χ4v) is 4.71. The lowest BCUT2D eigenvalue weighted by molar-refractivity contribution is -0.274. The Hall–Kier alpha value is -4.55. The molecule has 1 fully saturated rings. The first kappa shape index (κ1) is 29.9. The maximum absolute atomic E-state index is 15.1. The highest BCUT2D eigenvalue weighted by Gasteiger charge is 2.31. The molecule has 1 aliphatic rings. The summed E-state index contributed by atoms with van der Waals surface area (Å²) in [6.45, 7) is 8.23. The number of nitrogens with zero attached hydrogens (tertiary/aromatic N) is 3. The molecule has 4 aromatic rings. The fourth-order valence-electron chi connectivity index (χ4n) is 4.71. The van der Waals surface area contributed by atoms with Crippen LogP contribution < -0.4 is 20.7 Å². The van der Waals surface area contributed by atoms with Gasteiger partial charge in [0.2, 0.25) is 5.95 Å². The molecule has 1 amide bonds. The number of anilines is 3. The number of carbonyl (C=O) groups is 1. The van der Waals surface area contributed by atoms with Gasteiger partial charge in [0.15, 0.2) is 0 Å². The van der Waals surface area contributed by atoms with Crippen molar-refractivity contribution in [2.45, 2.75) is 26.8 Å². The minimum atomic E-state index is -4.79. The second-order valence-electron chi connectivity index (χ2n) is 10.2. The third kappa shape index (κ3) is 7.85. The van der Waals surface area contributed by atoms with Crippen LogP contribution in [0.2, 0.25) is 0 Å². The number of aryl methyl sites for hydroxylation is 2. The van der Waals surface area contributed by atoms with Crippen LogP contribution in [0.4, 0.5) is 34.9 Å². The van der Waals surface area contributed by atoms with E-state index in [1.807, 2.05) is 25.1 Å². The lowest BCUT2D eigenvalue weighted by atomic mass is 10.1. The number of hydrogen-bond donors (Lipinski definition) is 3. The molecule has 0 aliphatic carbocycles. The molecular formula is C31H30F4N6O2. The molecule has 1 aromatic heterocycles. The first-order chi connectivity index (χ1) is 20.5. The van der Waals surface area contributed by atoms with Crippen LogP contribution in [0.15, 0.2) is 66.9 Å². The van der Waals surface area contributed by atoms with Crippen LogP contribution in [0.1, 0.15) is 27.0 Å². The summed E-state index contributed by atoms with van der Waals surface area (Å²) in [6, 6.07) is 15.3. The van der Waals surface area contributed by atoms with Crippen molar-refractivity contribution in [2.24, 2.45) is 0 Å². The largest absolute Gasteiger partial charge is 0.573 e. The van der Waals surface area contributed by atoms with Gasteiger partial charge in [0.05, 0.1) is 11.4 Å². The number of amides is 1. The van der Waals surface area contributed by atoms with Crippen molar-refractivity contribution in [1.82, 2.24) is 20.2 Å². The lowest BCUT2D eigenvalue weighted by Gasteiger charge is -2.27. The number of ether oxygens (including phenoxy) is 1. The molecule has 224 valence electrons. The molecule has 2 heterocycles. The summed E-state index contributed by atoms with van der Waals surface area (Å²) >= 11 is 0. The van der Waals surface area contributed by atoms with Crippen molar-refractivity contribution in [3.63, 3.8) is 0 Å². The first-order valence-corrected chi connectivity index (χ1v) is 13.6. The van der Waals surface area contributed by atoms with Crippen LogP contribution in [0.25, 0.3) is 11.3 Å². The Balaban J connectivity index is 1.27. The molecule has 0 bridgehead atoms. The molecule has 3 N–H and O–H groups in total. The second-order valence-corrected chi connectivity index (χ2v) is 10.2. The number of rotatable bonds is 8. The van der Waals surface area contributed by atoms with Gasteiger partial charge in [-0.25, -0.2) is 14.4 Å². The van der Waals surface area contributed by atoms with Crippen LogP contribution in [0.3, 0.4) is 0 Å². The summed E-state index contributed by atoms with van der Waals surface area (Å²) in [7, 11) is 0. The van der Waals surface area contributed by atoms with Gasteiger partial charge in [0.25, 0.3) is 5.91 Å². The molecule has 12 heteroatoms. The smallest absolute Gasteiger partial charge is 0.406 e. The Bertz CT molecular complexity index is 1610.